The highest BCUT2D eigenvalue weighted by Crippen LogP contribution is 2.37. The van der Waals surface area contributed by atoms with Crippen LogP contribution in [0.25, 0.3) is 0 Å². The maximum absolute atomic E-state index is 12.7. The summed E-state index contributed by atoms with van der Waals surface area (Å²) in [5, 5.41) is 4.45. The van der Waals surface area contributed by atoms with Crippen molar-refractivity contribution >= 4 is 29.2 Å². The second-order valence-electron chi connectivity index (χ2n) is 9.61. The van der Waals surface area contributed by atoms with Crippen LogP contribution in [0.3, 0.4) is 0 Å². The van der Waals surface area contributed by atoms with Crippen LogP contribution in [0.5, 0.6) is 17.4 Å². The Hall–Kier alpha value is -4.60. The third kappa shape index (κ3) is 4.07. The van der Waals surface area contributed by atoms with Crippen LogP contribution in [-0.4, -0.2) is 48.6 Å². The van der Waals surface area contributed by atoms with E-state index in [1.54, 1.807) is 30.3 Å². The van der Waals surface area contributed by atoms with Gasteiger partial charge < -0.3 is 19.3 Å². The molecule has 2 N–H and O–H groups in total. The number of anilines is 2. The van der Waals surface area contributed by atoms with Gasteiger partial charge in [0, 0.05) is 31.4 Å². The third-order valence-electron chi connectivity index (χ3n) is 7.47. The van der Waals surface area contributed by atoms with Crippen LogP contribution < -0.4 is 29.9 Å². The second-order valence-corrected chi connectivity index (χ2v) is 9.61. The fourth-order valence-corrected chi connectivity index (χ4v) is 5.51. The van der Waals surface area contributed by atoms with Crippen molar-refractivity contribution in [1.29, 1.82) is 0 Å². The normalized spacial score (nSPS) is 18.2. The van der Waals surface area contributed by atoms with Crippen molar-refractivity contribution in [2.24, 2.45) is 0 Å². The Morgan fingerprint density at radius 3 is 2.32 bits per heavy atom. The summed E-state index contributed by atoms with van der Waals surface area (Å²) in [5.41, 5.74) is 2.82. The summed E-state index contributed by atoms with van der Waals surface area (Å²) in [6.07, 6.45) is 3.44. The number of pyridine rings is 1. The van der Waals surface area contributed by atoms with Gasteiger partial charge in [-0.15, -0.1) is 0 Å². The molecule has 2 fully saturated rings. The molecular formula is C28H27N5O5. The van der Waals surface area contributed by atoms with E-state index in [0.717, 1.165) is 30.9 Å². The average Bonchev–Trinajstić information content (AvgIpc) is 3.38. The summed E-state index contributed by atoms with van der Waals surface area (Å²) >= 11 is 0. The number of fused-ring (bicyclic) bond motifs is 1. The molecule has 0 saturated carbocycles. The standard InChI is InChI=1S/C28H27N5O5/c1-37-22-8-4-20(5-9-22)32-14-11-18-15-23(7-3-19(18)17-32)38-24-10-6-21(16-29-24)33-13-2-12-28(33)25(34)30-27(36)31-26(28)35/h3-10,15-16H,2,11-14,17H2,1H3,(H2,30,31,34,35,36). The van der Waals surface area contributed by atoms with E-state index < -0.39 is 23.4 Å². The van der Waals surface area contributed by atoms with Crippen LogP contribution in [0.15, 0.2) is 60.8 Å². The number of amides is 4. The molecule has 3 aromatic rings. The first-order valence-corrected chi connectivity index (χ1v) is 12.6. The number of nitrogens with zero attached hydrogens (tertiary/aromatic N) is 3. The number of carbonyl (C=O) groups is 3. The van der Waals surface area contributed by atoms with E-state index in [-0.39, 0.29) is 0 Å². The number of aromatic nitrogens is 1. The van der Waals surface area contributed by atoms with Crippen LogP contribution in [0.4, 0.5) is 16.2 Å². The highest BCUT2D eigenvalue weighted by Gasteiger charge is 2.57. The molecule has 3 aliphatic rings. The van der Waals surface area contributed by atoms with E-state index in [1.807, 2.05) is 18.2 Å². The summed E-state index contributed by atoms with van der Waals surface area (Å²) in [6.45, 7) is 2.22. The van der Waals surface area contributed by atoms with Crippen molar-refractivity contribution < 1.29 is 23.9 Å². The molecule has 1 aromatic heterocycles. The number of carbonyl (C=O) groups excluding carboxylic acids is 3. The Bertz CT molecular complexity index is 1390. The summed E-state index contributed by atoms with van der Waals surface area (Å²) < 4.78 is 11.3. The summed E-state index contributed by atoms with van der Waals surface area (Å²) in [7, 11) is 1.67. The minimum absolute atomic E-state index is 0.321. The van der Waals surface area contributed by atoms with Gasteiger partial charge in [0.1, 0.15) is 11.5 Å². The minimum Gasteiger partial charge on any atom is -0.497 e. The summed E-state index contributed by atoms with van der Waals surface area (Å²) in [5.74, 6) is 0.734. The van der Waals surface area contributed by atoms with Crippen molar-refractivity contribution in [2.75, 3.05) is 30.0 Å². The monoisotopic (exact) mass is 513 g/mol. The molecule has 0 aliphatic carbocycles. The lowest BCUT2D eigenvalue weighted by molar-refractivity contribution is -0.137. The minimum atomic E-state index is -1.45. The number of methoxy groups -OCH3 is 1. The van der Waals surface area contributed by atoms with E-state index >= 15 is 0 Å². The van der Waals surface area contributed by atoms with Crippen molar-refractivity contribution in [3.8, 4) is 17.4 Å². The molecule has 38 heavy (non-hydrogen) atoms. The summed E-state index contributed by atoms with van der Waals surface area (Å²) in [4.78, 5) is 45.4. The molecule has 2 aromatic carbocycles. The van der Waals surface area contributed by atoms with E-state index in [0.29, 0.717) is 36.7 Å². The highest BCUT2D eigenvalue weighted by molar-refractivity contribution is 6.24. The molecule has 10 heteroatoms. The Balaban J connectivity index is 1.15. The molecule has 2 saturated heterocycles. The van der Waals surface area contributed by atoms with Crippen molar-refractivity contribution in [1.82, 2.24) is 15.6 Å². The molecule has 1 spiro atoms. The van der Waals surface area contributed by atoms with Crippen LogP contribution >= 0.6 is 0 Å². The Kier molecular flexibility index (Phi) is 5.86. The van der Waals surface area contributed by atoms with E-state index in [4.69, 9.17) is 9.47 Å². The van der Waals surface area contributed by atoms with Crippen LogP contribution in [0, 0.1) is 0 Å². The van der Waals surface area contributed by atoms with Crippen molar-refractivity contribution in [3.05, 3.63) is 71.9 Å². The molecule has 194 valence electrons. The lowest BCUT2D eigenvalue weighted by atomic mass is 9.92. The van der Waals surface area contributed by atoms with Crippen LogP contribution in [0.1, 0.15) is 24.0 Å². The van der Waals surface area contributed by atoms with Gasteiger partial charge in [0.25, 0.3) is 11.8 Å². The first kappa shape index (κ1) is 23.8. The zero-order chi connectivity index (χ0) is 26.3. The second kappa shape index (κ2) is 9.37. The first-order valence-electron chi connectivity index (χ1n) is 12.6. The largest absolute Gasteiger partial charge is 0.497 e. The maximum atomic E-state index is 12.7. The fourth-order valence-electron chi connectivity index (χ4n) is 5.51. The van der Waals surface area contributed by atoms with Gasteiger partial charge in [-0.3, -0.25) is 20.2 Å². The van der Waals surface area contributed by atoms with Crippen molar-refractivity contribution in [2.45, 2.75) is 31.3 Å². The van der Waals surface area contributed by atoms with Gasteiger partial charge in [-0.05, 0) is 72.9 Å². The SMILES string of the molecule is COc1ccc(N2CCc3cc(Oc4ccc(N5CCCC56C(=O)NC(=O)NC6=O)cn4)ccc3C2)cc1. The predicted octanol–water partition coefficient (Wildman–Crippen LogP) is 3.15. The molecule has 0 atom stereocenters. The fraction of sp³-hybridized carbons (Fsp3) is 0.286. The Labute approximate surface area is 219 Å². The first-order chi connectivity index (χ1) is 18.5. The molecule has 6 rings (SSSR count). The van der Waals surface area contributed by atoms with Crippen molar-refractivity contribution in [3.63, 3.8) is 0 Å². The molecule has 4 amide bonds. The van der Waals surface area contributed by atoms with Gasteiger partial charge >= 0.3 is 6.03 Å². The third-order valence-corrected chi connectivity index (χ3v) is 7.47. The quantitative estimate of drug-likeness (QED) is 0.501. The number of rotatable bonds is 5. The molecule has 10 nitrogen and oxygen atoms in total. The predicted molar refractivity (Wildman–Crippen MR) is 139 cm³/mol. The van der Waals surface area contributed by atoms with Gasteiger partial charge in [0.15, 0.2) is 5.54 Å². The van der Waals surface area contributed by atoms with Crippen LogP contribution in [0.2, 0.25) is 0 Å². The molecule has 0 bridgehead atoms. The topological polar surface area (TPSA) is 113 Å². The molecular weight excluding hydrogens is 486 g/mol. The molecule has 0 unspecified atom stereocenters. The number of urea groups is 1. The van der Waals surface area contributed by atoms with Gasteiger partial charge in [0.05, 0.1) is 19.0 Å². The molecule has 3 aliphatic heterocycles. The highest BCUT2D eigenvalue weighted by atomic mass is 16.5. The van der Waals surface area contributed by atoms with Gasteiger partial charge in [-0.1, -0.05) is 6.07 Å². The van der Waals surface area contributed by atoms with Gasteiger partial charge in [-0.2, -0.15) is 0 Å². The maximum Gasteiger partial charge on any atom is 0.328 e. The lowest BCUT2D eigenvalue weighted by Crippen LogP contribution is -2.71. The Morgan fingerprint density at radius 2 is 1.61 bits per heavy atom. The number of barbiturate groups is 1. The van der Waals surface area contributed by atoms with Crippen LogP contribution in [-0.2, 0) is 22.6 Å². The number of ether oxygens (including phenoxy) is 2. The lowest BCUT2D eigenvalue weighted by Gasteiger charge is -2.38. The average molecular weight is 514 g/mol. The number of nitrogens with one attached hydrogen (secondary N) is 2. The zero-order valence-electron chi connectivity index (χ0n) is 20.9. The Morgan fingerprint density at radius 1 is 0.868 bits per heavy atom. The van der Waals surface area contributed by atoms with E-state index in [2.05, 4.69) is 44.8 Å². The summed E-state index contributed by atoms with van der Waals surface area (Å²) in [6, 6.07) is 16.9. The van der Waals surface area contributed by atoms with E-state index in [1.165, 1.54) is 11.1 Å². The smallest absolute Gasteiger partial charge is 0.328 e. The zero-order valence-corrected chi connectivity index (χ0v) is 20.9. The molecule has 4 heterocycles. The number of benzene rings is 2. The number of imide groups is 2. The van der Waals surface area contributed by atoms with Gasteiger partial charge in [0.2, 0.25) is 5.88 Å². The van der Waals surface area contributed by atoms with Gasteiger partial charge in [-0.25, -0.2) is 9.78 Å². The molecule has 0 radical (unpaired) electrons. The van der Waals surface area contributed by atoms with E-state index in [9.17, 15) is 14.4 Å². The number of hydrogen-bond donors (Lipinski definition) is 2. The number of hydrogen-bond acceptors (Lipinski definition) is 8.